The number of nitrogens with zero attached hydrogens (tertiary/aromatic N) is 3. The van der Waals surface area contributed by atoms with Gasteiger partial charge in [0, 0.05) is 18.3 Å². The van der Waals surface area contributed by atoms with Crippen molar-refractivity contribution in [3.8, 4) is 0 Å². The molecule has 3 rings (SSSR count). The van der Waals surface area contributed by atoms with Crippen molar-refractivity contribution in [1.29, 1.82) is 0 Å². The molecule has 0 spiro atoms. The summed E-state index contributed by atoms with van der Waals surface area (Å²) >= 11 is 3.46. The number of hydrogen-bond donors (Lipinski definition) is 1. The fourth-order valence-corrected chi connectivity index (χ4v) is 3.09. The number of nitrogens with two attached hydrogens (primary N) is 1. The molecule has 0 aliphatic heterocycles. The molecule has 0 saturated heterocycles. The van der Waals surface area contributed by atoms with Gasteiger partial charge in [0.05, 0.1) is 0 Å². The third-order valence-electron chi connectivity index (χ3n) is 3.29. The minimum Gasteiger partial charge on any atom is -0.382 e. The van der Waals surface area contributed by atoms with Crippen LogP contribution < -0.4 is 5.73 Å². The molecule has 2 aromatic rings. The highest BCUT2D eigenvalue weighted by atomic mass is 79.9. The van der Waals surface area contributed by atoms with Crippen LogP contribution in [0.5, 0.6) is 0 Å². The number of hydrogen-bond acceptors (Lipinski definition) is 3. The Morgan fingerprint density at radius 3 is 2.76 bits per heavy atom. The van der Waals surface area contributed by atoms with Crippen molar-refractivity contribution in [1.82, 2.24) is 14.4 Å². The van der Waals surface area contributed by atoms with Crippen molar-refractivity contribution in [3.05, 3.63) is 22.8 Å². The Bertz CT molecular complexity index is 533. The zero-order valence-corrected chi connectivity index (χ0v) is 11.9. The molecule has 4 nitrogen and oxygen atoms in total. The largest absolute Gasteiger partial charge is 0.382 e. The highest BCUT2D eigenvalue weighted by molar-refractivity contribution is 9.10. The first-order valence-electron chi connectivity index (χ1n) is 5.55. The molecular formula is C11H15BrN4S. The Labute approximate surface area is 115 Å². The van der Waals surface area contributed by atoms with E-state index in [9.17, 15) is 0 Å². The average molecular weight is 315 g/mol. The third-order valence-corrected chi connectivity index (χ3v) is 3.84. The molecule has 92 valence electrons. The van der Waals surface area contributed by atoms with Crippen LogP contribution in [0.4, 0.5) is 5.82 Å². The molecule has 0 bridgehead atoms. The van der Waals surface area contributed by atoms with Gasteiger partial charge in [-0.1, -0.05) is 12.8 Å². The quantitative estimate of drug-likeness (QED) is 0.880. The summed E-state index contributed by atoms with van der Waals surface area (Å²) < 4.78 is 2.88. The molecule has 2 heterocycles. The topological polar surface area (TPSA) is 56.2 Å². The SMILES string of the molecule is Nc1nccn2c(C3CCCC3)nc(Br)c12.S. The number of aromatic nitrogens is 3. The van der Waals surface area contributed by atoms with Crippen molar-refractivity contribution >= 4 is 40.8 Å². The van der Waals surface area contributed by atoms with Gasteiger partial charge in [0.15, 0.2) is 5.82 Å². The fraction of sp³-hybridized carbons (Fsp3) is 0.455. The number of nitrogen functional groups attached to an aromatic ring is 1. The van der Waals surface area contributed by atoms with Crippen molar-refractivity contribution in [2.24, 2.45) is 0 Å². The van der Waals surface area contributed by atoms with Crippen LogP contribution in [0.2, 0.25) is 0 Å². The van der Waals surface area contributed by atoms with Crippen LogP contribution in [-0.2, 0) is 0 Å². The summed E-state index contributed by atoms with van der Waals surface area (Å²) in [5, 5.41) is 0. The van der Waals surface area contributed by atoms with E-state index < -0.39 is 0 Å². The van der Waals surface area contributed by atoms with Gasteiger partial charge in [-0.3, -0.25) is 4.40 Å². The lowest BCUT2D eigenvalue weighted by Crippen LogP contribution is -2.01. The molecule has 2 aromatic heterocycles. The highest BCUT2D eigenvalue weighted by Crippen LogP contribution is 2.36. The highest BCUT2D eigenvalue weighted by Gasteiger charge is 2.23. The maximum Gasteiger partial charge on any atom is 0.150 e. The molecule has 2 N–H and O–H groups in total. The van der Waals surface area contributed by atoms with Gasteiger partial charge < -0.3 is 5.73 Å². The van der Waals surface area contributed by atoms with Crippen LogP contribution >= 0.6 is 29.4 Å². The third kappa shape index (κ3) is 2.04. The first-order valence-corrected chi connectivity index (χ1v) is 6.34. The molecule has 1 aliphatic rings. The molecule has 0 amide bonds. The lowest BCUT2D eigenvalue weighted by molar-refractivity contribution is 0.664. The summed E-state index contributed by atoms with van der Waals surface area (Å²) in [7, 11) is 0. The molecule has 1 aliphatic carbocycles. The molecular weight excluding hydrogens is 300 g/mol. The van der Waals surface area contributed by atoms with Gasteiger partial charge in [-0.05, 0) is 28.8 Å². The Balaban J connectivity index is 0.00000108. The molecule has 1 fully saturated rings. The van der Waals surface area contributed by atoms with E-state index in [1.807, 2.05) is 6.20 Å². The van der Waals surface area contributed by atoms with Gasteiger partial charge in [0.2, 0.25) is 0 Å². The van der Waals surface area contributed by atoms with Crippen LogP contribution in [0.15, 0.2) is 17.0 Å². The second-order valence-electron chi connectivity index (χ2n) is 4.27. The van der Waals surface area contributed by atoms with E-state index in [-0.39, 0.29) is 13.5 Å². The molecule has 6 heteroatoms. The van der Waals surface area contributed by atoms with E-state index in [2.05, 4.69) is 30.3 Å². The number of rotatable bonds is 1. The molecule has 0 aromatic carbocycles. The van der Waals surface area contributed by atoms with E-state index in [4.69, 9.17) is 5.73 Å². The van der Waals surface area contributed by atoms with Crippen LogP contribution in [-0.4, -0.2) is 14.4 Å². The van der Waals surface area contributed by atoms with Crippen molar-refractivity contribution in [2.75, 3.05) is 5.73 Å². The van der Waals surface area contributed by atoms with E-state index in [0.29, 0.717) is 11.7 Å². The molecule has 0 radical (unpaired) electrons. The second kappa shape index (κ2) is 4.86. The number of halogens is 1. The summed E-state index contributed by atoms with van der Waals surface area (Å²) in [6.07, 6.45) is 8.74. The lowest BCUT2D eigenvalue weighted by atomic mass is 10.1. The summed E-state index contributed by atoms with van der Waals surface area (Å²) in [6.45, 7) is 0. The predicted octanol–water partition coefficient (Wildman–Crippen LogP) is 2.84. The predicted molar refractivity (Wildman–Crippen MR) is 76.7 cm³/mol. The van der Waals surface area contributed by atoms with Gasteiger partial charge in [-0.15, -0.1) is 0 Å². The van der Waals surface area contributed by atoms with Crippen LogP contribution in [0.1, 0.15) is 37.4 Å². The zero-order chi connectivity index (χ0) is 11.1. The van der Waals surface area contributed by atoms with Gasteiger partial charge in [-0.25, -0.2) is 9.97 Å². The summed E-state index contributed by atoms with van der Waals surface area (Å²) in [5.41, 5.74) is 6.76. The maximum atomic E-state index is 5.87. The molecule has 1 saturated carbocycles. The Morgan fingerprint density at radius 2 is 2.06 bits per heavy atom. The monoisotopic (exact) mass is 314 g/mol. The number of imidazole rings is 1. The minimum atomic E-state index is 0. The van der Waals surface area contributed by atoms with E-state index in [0.717, 1.165) is 15.9 Å². The van der Waals surface area contributed by atoms with Crippen LogP contribution in [0.25, 0.3) is 5.52 Å². The molecule has 17 heavy (non-hydrogen) atoms. The Kier molecular flexibility index (Phi) is 3.63. The Hall–Kier alpha value is -0.750. The molecule has 0 unspecified atom stereocenters. The van der Waals surface area contributed by atoms with Gasteiger partial charge in [0.1, 0.15) is 15.9 Å². The zero-order valence-electron chi connectivity index (χ0n) is 9.36. The second-order valence-corrected chi connectivity index (χ2v) is 5.02. The number of anilines is 1. The summed E-state index contributed by atoms with van der Waals surface area (Å²) in [5.74, 6) is 2.22. The van der Waals surface area contributed by atoms with Crippen LogP contribution in [0.3, 0.4) is 0 Å². The standard InChI is InChI=1S/C11H13BrN4.H2S/c12-9-8-10(13)14-5-6-16(8)11(15-9)7-3-1-2-4-7;/h5-7H,1-4H2,(H2,13,14);1H2. The number of fused-ring (bicyclic) bond motifs is 1. The first-order chi connectivity index (χ1) is 7.77. The molecule has 0 atom stereocenters. The van der Waals surface area contributed by atoms with E-state index in [1.54, 1.807) is 6.20 Å². The lowest BCUT2D eigenvalue weighted by Gasteiger charge is -2.07. The fourth-order valence-electron chi connectivity index (χ4n) is 2.51. The average Bonchev–Trinajstić information content (AvgIpc) is 2.86. The summed E-state index contributed by atoms with van der Waals surface area (Å²) in [4.78, 5) is 8.69. The van der Waals surface area contributed by atoms with Crippen LogP contribution in [0, 0.1) is 0 Å². The van der Waals surface area contributed by atoms with Crippen molar-refractivity contribution < 1.29 is 0 Å². The summed E-state index contributed by atoms with van der Waals surface area (Å²) in [6, 6.07) is 0. The van der Waals surface area contributed by atoms with Gasteiger partial charge in [-0.2, -0.15) is 13.5 Å². The van der Waals surface area contributed by atoms with E-state index >= 15 is 0 Å². The van der Waals surface area contributed by atoms with Crippen molar-refractivity contribution in [2.45, 2.75) is 31.6 Å². The Morgan fingerprint density at radius 1 is 1.35 bits per heavy atom. The minimum absolute atomic E-state index is 0. The van der Waals surface area contributed by atoms with E-state index in [1.165, 1.54) is 25.7 Å². The van der Waals surface area contributed by atoms with Gasteiger partial charge in [0.25, 0.3) is 0 Å². The maximum absolute atomic E-state index is 5.87. The smallest absolute Gasteiger partial charge is 0.150 e. The van der Waals surface area contributed by atoms with Gasteiger partial charge >= 0.3 is 0 Å². The van der Waals surface area contributed by atoms with Crippen molar-refractivity contribution in [3.63, 3.8) is 0 Å². The first kappa shape index (κ1) is 12.7. The normalized spacial score (nSPS) is 16.3.